The first-order chi connectivity index (χ1) is 10.7. The zero-order valence-corrected chi connectivity index (χ0v) is 12.1. The largest absolute Gasteiger partial charge is 0.269 e. The first kappa shape index (κ1) is 13.9. The lowest BCUT2D eigenvalue weighted by Crippen LogP contribution is -1.87. The number of aromatic nitrogens is 1. The predicted molar refractivity (Wildman–Crippen MR) is 86.2 cm³/mol. The van der Waals surface area contributed by atoms with Gasteiger partial charge in [-0.2, -0.15) is 5.26 Å². The molecule has 0 saturated carbocycles. The Balaban J connectivity index is 1.99. The second-order valence-electron chi connectivity index (χ2n) is 4.51. The minimum Gasteiger partial charge on any atom is -0.258 e. The summed E-state index contributed by atoms with van der Waals surface area (Å²) in [4.78, 5) is 14.6. The van der Waals surface area contributed by atoms with Crippen LogP contribution in [-0.4, -0.2) is 9.91 Å². The third-order valence-corrected chi connectivity index (χ3v) is 4.13. The van der Waals surface area contributed by atoms with Crippen LogP contribution in [0.4, 0.5) is 5.69 Å². The summed E-state index contributed by atoms with van der Waals surface area (Å²) < 4.78 is 1.02. The van der Waals surface area contributed by atoms with Gasteiger partial charge >= 0.3 is 0 Å². The molecule has 1 heterocycles. The van der Waals surface area contributed by atoms with Gasteiger partial charge in [-0.25, -0.2) is 4.98 Å². The van der Waals surface area contributed by atoms with Crippen LogP contribution < -0.4 is 0 Å². The van der Waals surface area contributed by atoms with Crippen LogP contribution >= 0.6 is 11.3 Å². The minimum absolute atomic E-state index is 0.0237. The number of benzene rings is 2. The molecule has 5 nitrogen and oxygen atoms in total. The van der Waals surface area contributed by atoms with E-state index in [0.717, 1.165) is 15.8 Å². The highest BCUT2D eigenvalue weighted by Gasteiger charge is 2.09. The fourth-order valence-corrected chi connectivity index (χ4v) is 2.92. The topological polar surface area (TPSA) is 79.8 Å². The van der Waals surface area contributed by atoms with Gasteiger partial charge in [0.1, 0.15) is 11.1 Å². The van der Waals surface area contributed by atoms with Gasteiger partial charge in [-0.3, -0.25) is 10.1 Å². The van der Waals surface area contributed by atoms with E-state index in [9.17, 15) is 15.4 Å². The van der Waals surface area contributed by atoms with Gasteiger partial charge in [-0.05, 0) is 35.9 Å². The number of non-ortho nitro benzene ring substituents is 1. The van der Waals surface area contributed by atoms with Crippen molar-refractivity contribution in [3.8, 4) is 6.07 Å². The van der Waals surface area contributed by atoms with Gasteiger partial charge < -0.3 is 0 Å². The van der Waals surface area contributed by atoms with Crippen molar-refractivity contribution in [2.45, 2.75) is 0 Å². The van der Waals surface area contributed by atoms with Gasteiger partial charge in [-0.1, -0.05) is 12.1 Å². The van der Waals surface area contributed by atoms with E-state index in [1.54, 1.807) is 18.2 Å². The van der Waals surface area contributed by atoms with Crippen molar-refractivity contribution >= 4 is 38.9 Å². The van der Waals surface area contributed by atoms with E-state index < -0.39 is 4.92 Å². The van der Waals surface area contributed by atoms with Crippen LogP contribution in [0.5, 0.6) is 0 Å². The van der Waals surface area contributed by atoms with Gasteiger partial charge in [0, 0.05) is 12.1 Å². The number of hydrogen-bond donors (Lipinski definition) is 0. The summed E-state index contributed by atoms with van der Waals surface area (Å²) in [7, 11) is 0. The maximum absolute atomic E-state index is 10.6. The normalized spacial score (nSPS) is 11.3. The average molecular weight is 307 g/mol. The molecule has 6 heteroatoms. The average Bonchev–Trinajstić information content (AvgIpc) is 2.96. The van der Waals surface area contributed by atoms with Crippen molar-refractivity contribution in [2.75, 3.05) is 0 Å². The van der Waals surface area contributed by atoms with E-state index in [1.165, 1.54) is 23.5 Å². The second-order valence-corrected chi connectivity index (χ2v) is 5.54. The first-order valence-corrected chi connectivity index (χ1v) is 7.21. The summed E-state index contributed by atoms with van der Waals surface area (Å²) in [5.74, 6) is 0. The van der Waals surface area contributed by atoms with Crippen LogP contribution in [-0.2, 0) is 0 Å². The molecule has 22 heavy (non-hydrogen) atoms. The Labute approximate surface area is 129 Å². The maximum Gasteiger partial charge on any atom is 0.269 e. The number of thiazole rings is 1. The monoisotopic (exact) mass is 307 g/mol. The van der Waals surface area contributed by atoms with Crippen molar-refractivity contribution in [1.82, 2.24) is 4.98 Å². The molecule has 0 amide bonds. The Kier molecular flexibility index (Phi) is 3.64. The molecule has 3 aromatic rings. The van der Waals surface area contributed by atoms with Gasteiger partial charge in [0.25, 0.3) is 5.69 Å². The van der Waals surface area contributed by atoms with E-state index in [1.807, 2.05) is 24.3 Å². The first-order valence-electron chi connectivity index (χ1n) is 6.39. The molecular formula is C16H9N3O2S. The van der Waals surface area contributed by atoms with Crippen molar-refractivity contribution in [1.29, 1.82) is 5.26 Å². The zero-order valence-electron chi connectivity index (χ0n) is 11.3. The Morgan fingerprint density at radius 2 is 1.95 bits per heavy atom. The van der Waals surface area contributed by atoms with E-state index in [0.29, 0.717) is 10.6 Å². The van der Waals surface area contributed by atoms with Crippen LogP contribution in [0.25, 0.3) is 21.9 Å². The Bertz CT molecular complexity index is 887. The summed E-state index contributed by atoms with van der Waals surface area (Å²) in [6, 6.07) is 15.9. The van der Waals surface area contributed by atoms with Crippen LogP contribution in [0.2, 0.25) is 0 Å². The molecule has 0 N–H and O–H groups in total. The van der Waals surface area contributed by atoms with Crippen molar-refractivity contribution in [3.05, 3.63) is 69.2 Å². The number of nitro groups is 1. The minimum atomic E-state index is -0.452. The molecule has 0 spiro atoms. The van der Waals surface area contributed by atoms with E-state index >= 15 is 0 Å². The number of nitrogens with zero attached hydrogens (tertiary/aromatic N) is 3. The molecule has 0 fully saturated rings. The van der Waals surface area contributed by atoms with E-state index in [2.05, 4.69) is 11.1 Å². The third-order valence-electron chi connectivity index (χ3n) is 3.06. The summed E-state index contributed by atoms with van der Waals surface area (Å²) in [6.07, 6.45) is 1.68. The smallest absolute Gasteiger partial charge is 0.258 e. The second kappa shape index (κ2) is 5.76. The molecule has 0 radical (unpaired) electrons. The zero-order chi connectivity index (χ0) is 15.5. The molecule has 0 aliphatic rings. The molecule has 0 atom stereocenters. The summed E-state index contributed by atoms with van der Waals surface area (Å²) in [5.41, 5.74) is 2.04. The van der Waals surface area contributed by atoms with Crippen LogP contribution in [0, 0.1) is 21.4 Å². The van der Waals surface area contributed by atoms with Gasteiger partial charge in [0.2, 0.25) is 0 Å². The standard InChI is InChI=1S/C16H9N3O2S/c17-10-12(9-11-5-7-13(8-6-11)19(20)21)16-18-14-3-1-2-4-15(14)22-16/h1-9H/b12-9-. The molecule has 2 aromatic carbocycles. The maximum atomic E-state index is 10.6. The fourth-order valence-electron chi connectivity index (χ4n) is 1.99. The highest BCUT2D eigenvalue weighted by molar-refractivity contribution is 7.19. The quantitative estimate of drug-likeness (QED) is 0.411. The van der Waals surface area contributed by atoms with Crippen LogP contribution in [0.15, 0.2) is 48.5 Å². The highest BCUT2D eigenvalue weighted by atomic mass is 32.1. The van der Waals surface area contributed by atoms with Crippen molar-refractivity contribution in [3.63, 3.8) is 0 Å². The number of para-hydroxylation sites is 1. The number of nitro benzene ring substituents is 1. The molecule has 0 aliphatic heterocycles. The van der Waals surface area contributed by atoms with Gasteiger partial charge in [0.15, 0.2) is 0 Å². The number of allylic oxidation sites excluding steroid dienone is 1. The number of fused-ring (bicyclic) bond motifs is 1. The predicted octanol–water partition coefficient (Wildman–Crippen LogP) is 4.27. The Morgan fingerprint density at radius 3 is 2.59 bits per heavy atom. The molecule has 0 bridgehead atoms. The van der Waals surface area contributed by atoms with E-state index in [4.69, 9.17) is 0 Å². The Morgan fingerprint density at radius 1 is 1.23 bits per heavy atom. The third kappa shape index (κ3) is 2.71. The molecule has 0 saturated heterocycles. The van der Waals surface area contributed by atoms with Crippen molar-refractivity contribution in [2.24, 2.45) is 0 Å². The summed E-state index contributed by atoms with van der Waals surface area (Å²) in [5, 5.41) is 20.6. The molecular weight excluding hydrogens is 298 g/mol. The molecule has 0 aliphatic carbocycles. The Hall–Kier alpha value is -3.04. The number of nitriles is 1. The van der Waals surface area contributed by atoms with Crippen LogP contribution in [0.3, 0.4) is 0 Å². The molecule has 0 unspecified atom stereocenters. The molecule has 1 aromatic heterocycles. The molecule has 3 rings (SSSR count). The van der Waals surface area contributed by atoms with E-state index in [-0.39, 0.29) is 5.69 Å². The number of rotatable bonds is 3. The SMILES string of the molecule is N#C/C(=C/c1ccc([N+](=O)[O-])cc1)c1nc2ccccc2s1. The fraction of sp³-hybridized carbons (Fsp3) is 0. The highest BCUT2D eigenvalue weighted by Crippen LogP contribution is 2.28. The van der Waals surface area contributed by atoms with Gasteiger partial charge in [-0.15, -0.1) is 11.3 Å². The van der Waals surface area contributed by atoms with Crippen molar-refractivity contribution < 1.29 is 4.92 Å². The summed E-state index contributed by atoms with van der Waals surface area (Å²) >= 11 is 1.45. The summed E-state index contributed by atoms with van der Waals surface area (Å²) in [6.45, 7) is 0. The van der Waals surface area contributed by atoms with Crippen LogP contribution in [0.1, 0.15) is 10.6 Å². The van der Waals surface area contributed by atoms with Gasteiger partial charge in [0.05, 0.1) is 20.7 Å². The lowest BCUT2D eigenvalue weighted by atomic mass is 10.1. The number of hydrogen-bond acceptors (Lipinski definition) is 5. The molecule has 106 valence electrons. The lowest BCUT2D eigenvalue weighted by molar-refractivity contribution is -0.384. The lowest BCUT2D eigenvalue weighted by Gasteiger charge is -1.95.